The first-order valence-electron chi connectivity index (χ1n) is 4.78. The SMILES string of the molecule is CCCC1CCCC(=O)C1C. The molecule has 0 saturated heterocycles. The van der Waals surface area contributed by atoms with Crippen LogP contribution in [0, 0.1) is 11.8 Å². The highest BCUT2D eigenvalue weighted by Crippen LogP contribution is 2.30. The van der Waals surface area contributed by atoms with Crippen molar-refractivity contribution in [1.29, 1.82) is 0 Å². The van der Waals surface area contributed by atoms with Crippen LogP contribution < -0.4 is 0 Å². The highest BCUT2D eigenvalue weighted by molar-refractivity contribution is 5.81. The van der Waals surface area contributed by atoms with Gasteiger partial charge < -0.3 is 0 Å². The summed E-state index contributed by atoms with van der Waals surface area (Å²) in [6, 6.07) is 0. The molecule has 0 spiro atoms. The first kappa shape index (κ1) is 8.76. The zero-order chi connectivity index (χ0) is 8.27. The first-order valence-corrected chi connectivity index (χ1v) is 4.78. The van der Waals surface area contributed by atoms with E-state index in [1.165, 1.54) is 19.3 Å². The summed E-state index contributed by atoms with van der Waals surface area (Å²) in [5.41, 5.74) is 0. The maximum Gasteiger partial charge on any atom is 0.135 e. The third-order valence-corrected chi connectivity index (χ3v) is 2.87. The van der Waals surface area contributed by atoms with E-state index < -0.39 is 0 Å². The molecule has 0 aliphatic heterocycles. The highest BCUT2D eigenvalue weighted by Gasteiger charge is 2.26. The molecule has 2 atom stereocenters. The Kier molecular flexibility index (Phi) is 3.10. The predicted octanol–water partition coefficient (Wildman–Crippen LogP) is 2.79. The predicted molar refractivity (Wildman–Crippen MR) is 46.4 cm³/mol. The van der Waals surface area contributed by atoms with E-state index in [9.17, 15) is 4.79 Å². The molecule has 64 valence electrons. The van der Waals surface area contributed by atoms with Crippen LogP contribution in [0.5, 0.6) is 0 Å². The number of hydrogen-bond donors (Lipinski definition) is 0. The van der Waals surface area contributed by atoms with E-state index >= 15 is 0 Å². The van der Waals surface area contributed by atoms with Gasteiger partial charge in [0, 0.05) is 12.3 Å². The van der Waals surface area contributed by atoms with E-state index in [0.717, 1.165) is 12.8 Å². The standard InChI is InChI=1S/C10H18O/c1-3-5-9-6-4-7-10(11)8(9)2/h8-9H,3-7H2,1-2H3. The molecule has 0 radical (unpaired) electrons. The molecule has 0 aromatic rings. The molecule has 0 bridgehead atoms. The van der Waals surface area contributed by atoms with Crippen molar-refractivity contribution in [2.24, 2.45) is 11.8 Å². The van der Waals surface area contributed by atoms with Crippen molar-refractivity contribution in [3.63, 3.8) is 0 Å². The molecule has 1 fully saturated rings. The molecule has 0 aromatic heterocycles. The van der Waals surface area contributed by atoms with Crippen LogP contribution in [-0.4, -0.2) is 5.78 Å². The fourth-order valence-electron chi connectivity index (χ4n) is 2.04. The average molecular weight is 154 g/mol. The van der Waals surface area contributed by atoms with Gasteiger partial charge in [0.05, 0.1) is 0 Å². The first-order chi connectivity index (χ1) is 5.25. The minimum atomic E-state index is 0.351. The zero-order valence-electron chi connectivity index (χ0n) is 7.60. The van der Waals surface area contributed by atoms with Crippen LogP contribution in [0.15, 0.2) is 0 Å². The van der Waals surface area contributed by atoms with Crippen molar-refractivity contribution in [1.82, 2.24) is 0 Å². The molecule has 1 rings (SSSR count). The van der Waals surface area contributed by atoms with Crippen LogP contribution in [0.1, 0.15) is 46.0 Å². The van der Waals surface area contributed by atoms with E-state index in [1.54, 1.807) is 0 Å². The van der Waals surface area contributed by atoms with Crippen LogP contribution in [0.25, 0.3) is 0 Å². The van der Waals surface area contributed by atoms with Crippen molar-refractivity contribution in [3.8, 4) is 0 Å². The molecule has 1 saturated carbocycles. The monoisotopic (exact) mass is 154 g/mol. The summed E-state index contributed by atoms with van der Waals surface area (Å²) >= 11 is 0. The lowest BCUT2D eigenvalue weighted by atomic mass is 9.77. The lowest BCUT2D eigenvalue weighted by Crippen LogP contribution is -2.25. The van der Waals surface area contributed by atoms with E-state index in [1.807, 2.05) is 0 Å². The minimum absolute atomic E-state index is 0.351. The van der Waals surface area contributed by atoms with Crippen LogP contribution >= 0.6 is 0 Å². The van der Waals surface area contributed by atoms with Gasteiger partial charge in [-0.3, -0.25) is 4.79 Å². The van der Waals surface area contributed by atoms with Gasteiger partial charge in [0.25, 0.3) is 0 Å². The maximum atomic E-state index is 11.3. The van der Waals surface area contributed by atoms with E-state index in [-0.39, 0.29) is 0 Å². The topological polar surface area (TPSA) is 17.1 Å². The number of Topliss-reactive ketones (excluding diaryl/α,β-unsaturated/α-hetero) is 1. The molecule has 1 nitrogen and oxygen atoms in total. The largest absolute Gasteiger partial charge is 0.299 e. The van der Waals surface area contributed by atoms with Crippen molar-refractivity contribution in [3.05, 3.63) is 0 Å². The molecule has 2 unspecified atom stereocenters. The summed E-state index contributed by atoms with van der Waals surface area (Å²) in [6.45, 7) is 4.30. The highest BCUT2D eigenvalue weighted by atomic mass is 16.1. The average Bonchev–Trinajstić information content (AvgIpc) is 1.99. The smallest absolute Gasteiger partial charge is 0.135 e. The third kappa shape index (κ3) is 2.05. The Morgan fingerprint density at radius 1 is 1.55 bits per heavy atom. The molecule has 1 heteroatoms. The summed E-state index contributed by atoms with van der Waals surface area (Å²) in [5, 5.41) is 0. The molecule has 0 amide bonds. The van der Waals surface area contributed by atoms with Crippen molar-refractivity contribution < 1.29 is 4.79 Å². The van der Waals surface area contributed by atoms with Gasteiger partial charge in [-0.25, -0.2) is 0 Å². The lowest BCUT2D eigenvalue weighted by Gasteiger charge is -2.26. The number of rotatable bonds is 2. The van der Waals surface area contributed by atoms with E-state index in [4.69, 9.17) is 0 Å². The molecule has 0 heterocycles. The van der Waals surface area contributed by atoms with Crippen molar-refractivity contribution in [2.75, 3.05) is 0 Å². The van der Waals surface area contributed by atoms with Gasteiger partial charge in [-0.2, -0.15) is 0 Å². The molecule has 1 aliphatic rings. The summed E-state index contributed by atoms with van der Waals surface area (Å²) in [4.78, 5) is 11.3. The summed E-state index contributed by atoms with van der Waals surface area (Å²) in [6.07, 6.45) is 5.71. The molecule has 0 N–H and O–H groups in total. The fourth-order valence-corrected chi connectivity index (χ4v) is 2.04. The summed E-state index contributed by atoms with van der Waals surface area (Å²) < 4.78 is 0. The maximum absolute atomic E-state index is 11.3. The minimum Gasteiger partial charge on any atom is -0.299 e. The van der Waals surface area contributed by atoms with Crippen LogP contribution in [-0.2, 0) is 4.79 Å². The number of carbonyl (C=O) groups excluding carboxylic acids is 1. The molecular weight excluding hydrogens is 136 g/mol. The fraction of sp³-hybridized carbons (Fsp3) is 0.900. The third-order valence-electron chi connectivity index (χ3n) is 2.87. The number of hydrogen-bond acceptors (Lipinski definition) is 1. The van der Waals surface area contributed by atoms with Crippen molar-refractivity contribution >= 4 is 5.78 Å². The molecule has 11 heavy (non-hydrogen) atoms. The summed E-state index contributed by atoms with van der Waals surface area (Å²) in [7, 11) is 0. The van der Waals surface area contributed by atoms with Gasteiger partial charge in [0.2, 0.25) is 0 Å². The van der Waals surface area contributed by atoms with E-state index in [0.29, 0.717) is 17.6 Å². The van der Waals surface area contributed by atoms with Gasteiger partial charge in [-0.1, -0.05) is 26.7 Å². The van der Waals surface area contributed by atoms with Gasteiger partial charge in [0.15, 0.2) is 0 Å². The Morgan fingerprint density at radius 2 is 2.27 bits per heavy atom. The Bertz CT molecular complexity index is 138. The second-order valence-corrected chi connectivity index (χ2v) is 3.70. The lowest BCUT2D eigenvalue weighted by molar-refractivity contribution is -0.126. The second-order valence-electron chi connectivity index (χ2n) is 3.70. The van der Waals surface area contributed by atoms with Gasteiger partial charge in [-0.15, -0.1) is 0 Å². The van der Waals surface area contributed by atoms with Crippen LogP contribution in [0.4, 0.5) is 0 Å². The zero-order valence-corrected chi connectivity index (χ0v) is 7.60. The molecular formula is C10H18O. The Labute approximate surface area is 69.2 Å². The van der Waals surface area contributed by atoms with Crippen LogP contribution in [0.2, 0.25) is 0 Å². The molecule has 1 aliphatic carbocycles. The number of ketones is 1. The van der Waals surface area contributed by atoms with E-state index in [2.05, 4.69) is 13.8 Å². The summed E-state index contributed by atoms with van der Waals surface area (Å²) in [5.74, 6) is 1.54. The second kappa shape index (κ2) is 3.89. The Morgan fingerprint density at radius 3 is 2.91 bits per heavy atom. The number of carbonyl (C=O) groups is 1. The van der Waals surface area contributed by atoms with Crippen molar-refractivity contribution in [2.45, 2.75) is 46.0 Å². The molecule has 0 aromatic carbocycles. The van der Waals surface area contributed by atoms with Crippen LogP contribution in [0.3, 0.4) is 0 Å². The van der Waals surface area contributed by atoms with Gasteiger partial charge >= 0.3 is 0 Å². The Balaban J connectivity index is 2.44. The van der Waals surface area contributed by atoms with Gasteiger partial charge in [-0.05, 0) is 18.8 Å². The quantitative estimate of drug-likeness (QED) is 0.597. The normalized spacial score (nSPS) is 32.4. The Hall–Kier alpha value is -0.330. The van der Waals surface area contributed by atoms with Gasteiger partial charge in [0.1, 0.15) is 5.78 Å².